The zero-order valence-corrected chi connectivity index (χ0v) is 18.9. The number of aromatic nitrogens is 1. The van der Waals surface area contributed by atoms with E-state index < -0.39 is 17.8 Å². The molecule has 0 spiro atoms. The van der Waals surface area contributed by atoms with E-state index >= 15 is 0 Å². The molecule has 0 aliphatic heterocycles. The van der Waals surface area contributed by atoms with E-state index in [1.165, 1.54) is 6.07 Å². The second-order valence-electron chi connectivity index (χ2n) is 6.13. The van der Waals surface area contributed by atoms with Gasteiger partial charge in [-0.3, -0.25) is 4.99 Å². The summed E-state index contributed by atoms with van der Waals surface area (Å²) in [5.41, 5.74) is 0.0281. The summed E-state index contributed by atoms with van der Waals surface area (Å²) in [6.45, 7) is 3.60. The number of rotatable bonds is 9. The van der Waals surface area contributed by atoms with Crippen molar-refractivity contribution in [3.05, 3.63) is 59.8 Å². The molecule has 0 aliphatic rings. The summed E-state index contributed by atoms with van der Waals surface area (Å²) in [5, 5.41) is 16.3. The number of aliphatic imine (C=N–C) groups is 1. The number of halogens is 4. The quantitative estimate of drug-likeness (QED) is 0.196. The van der Waals surface area contributed by atoms with E-state index in [1.807, 2.05) is 37.3 Å². The Morgan fingerprint density at radius 1 is 1.17 bits per heavy atom. The van der Waals surface area contributed by atoms with Crippen molar-refractivity contribution < 1.29 is 23.0 Å². The van der Waals surface area contributed by atoms with Gasteiger partial charge in [0.1, 0.15) is 6.61 Å². The smallest absolute Gasteiger partial charge is 0.417 e. The minimum atomic E-state index is -4.42. The maximum absolute atomic E-state index is 12.5. The molecule has 0 saturated heterocycles. The van der Waals surface area contributed by atoms with Crippen LogP contribution in [0.1, 0.15) is 30.6 Å². The number of nitrogens with one attached hydrogen (secondary N) is 2. The lowest BCUT2D eigenvalue weighted by Gasteiger charge is -2.13. The molecular formula is C20H26F3IN4O2. The van der Waals surface area contributed by atoms with Crippen molar-refractivity contribution in [2.75, 3.05) is 26.2 Å². The van der Waals surface area contributed by atoms with Gasteiger partial charge in [0, 0.05) is 25.4 Å². The van der Waals surface area contributed by atoms with Crippen LogP contribution in [-0.4, -0.2) is 42.3 Å². The lowest BCUT2D eigenvalue weighted by Crippen LogP contribution is -2.39. The topological polar surface area (TPSA) is 78.8 Å². The van der Waals surface area contributed by atoms with Gasteiger partial charge in [0.2, 0.25) is 5.88 Å². The number of hydrogen-bond acceptors (Lipinski definition) is 4. The molecule has 3 N–H and O–H groups in total. The highest BCUT2D eigenvalue weighted by atomic mass is 127. The number of pyridine rings is 1. The van der Waals surface area contributed by atoms with Crippen molar-refractivity contribution in [3.8, 4) is 5.88 Å². The monoisotopic (exact) mass is 538 g/mol. The Hall–Kier alpha value is -2.08. The Kier molecular flexibility index (Phi) is 11.5. The highest BCUT2D eigenvalue weighted by Gasteiger charge is 2.30. The standard InChI is InChI=1S/C20H25F3N4O2.HI/c1-2-24-19(25-11-10-17(28)15-6-4-3-5-7-15)26-12-13-29-18-9-8-16(14-27-18)20(21,22)23;/h3-9,14,17,28H,2,10-13H2,1H3,(H2,24,25,26);1H. The van der Waals surface area contributed by atoms with Gasteiger partial charge in [-0.1, -0.05) is 30.3 Å². The molecule has 0 radical (unpaired) electrons. The van der Waals surface area contributed by atoms with Gasteiger partial charge in [0.05, 0.1) is 18.2 Å². The molecule has 2 aromatic rings. The number of nitrogens with zero attached hydrogens (tertiary/aromatic N) is 2. The Morgan fingerprint density at radius 2 is 1.90 bits per heavy atom. The summed E-state index contributed by atoms with van der Waals surface area (Å²) in [4.78, 5) is 8.05. The number of alkyl halides is 3. The summed E-state index contributed by atoms with van der Waals surface area (Å²) in [6.07, 6.45) is -3.78. The molecule has 166 valence electrons. The third-order valence-corrected chi connectivity index (χ3v) is 3.91. The van der Waals surface area contributed by atoms with Crippen LogP contribution < -0.4 is 15.4 Å². The molecule has 0 fully saturated rings. The first-order valence-electron chi connectivity index (χ1n) is 9.31. The fourth-order valence-electron chi connectivity index (χ4n) is 2.44. The van der Waals surface area contributed by atoms with Crippen molar-refractivity contribution in [2.45, 2.75) is 25.6 Å². The molecule has 0 aliphatic carbocycles. The second kappa shape index (κ2) is 13.3. The van der Waals surface area contributed by atoms with E-state index in [0.717, 1.165) is 17.8 Å². The Balaban J connectivity index is 0.00000450. The Bertz CT molecular complexity index is 759. The van der Waals surface area contributed by atoms with Crippen molar-refractivity contribution in [1.82, 2.24) is 15.6 Å². The van der Waals surface area contributed by atoms with Gasteiger partial charge in [0.25, 0.3) is 0 Å². The van der Waals surface area contributed by atoms with Crippen molar-refractivity contribution in [3.63, 3.8) is 0 Å². The number of aliphatic hydroxyl groups excluding tert-OH is 1. The van der Waals surface area contributed by atoms with Crippen molar-refractivity contribution >= 4 is 29.9 Å². The van der Waals surface area contributed by atoms with Crippen LogP contribution in [0.15, 0.2) is 53.7 Å². The number of ether oxygens (including phenoxy) is 1. The fraction of sp³-hybridized carbons (Fsp3) is 0.400. The number of guanidine groups is 1. The van der Waals surface area contributed by atoms with Crippen LogP contribution >= 0.6 is 24.0 Å². The Labute approximate surface area is 191 Å². The highest BCUT2D eigenvalue weighted by Crippen LogP contribution is 2.29. The summed E-state index contributed by atoms with van der Waals surface area (Å²) >= 11 is 0. The molecule has 2 rings (SSSR count). The first-order chi connectivity index (χ1) is 13.9. The molecule has 1 aromatic carbocycles. The van der Waals surface area contributed by atoms with Crippen LogP contribution in [0.5, 0.6) is 5.88 Å². The average Bonchev–Trinajstić information content (AvgIpc) is 2.71. The normalized spacial score (nSPS) is 12.6. The molecule has 1 heterocycles. The average molecular weight is 538 g/mol. The lowest BCUT2D eigenvalue weighted by atomic mass is 10.1. The van der Waals surface area contributed by atoms with Crippen LogP contribution in [0.4, 0.5) is 13.2 Å². The van der Waals surface area contributed by atoms with E-state index in [2.05, 4.69) is 20.6 Å². The molecule has 1 atom stereocenters. The second-order valence-corrected chi connectivity index (χ2v) is 6.13. The maximum Gasteiger partial charge on any atom is 0.417 e. The zero-order valence-electron chi connectivity index (χ0n) is 16.5. The molecule has 1 unspecified atom stereocenters. The van der Waals surface area contributed by atoms with Gasteiger partial charge in [0.15, 0.2) is 5.96 Å². The van der Waals surface area contributed by atoms with E-state index in [4.69, 9.17) is 4.74 Å². The Morgan fingerprint density at radius 3 is 2.50 bits per heavy atom. The molecular weight excluding hydrogens is 512 g/mol. The molecule has 6 nitrogen and oxygen atoms in total. The molecule has 10 heteroatoms. The number of hydrogen-bond donors (Lipinski definition) is 3. The van der Waals surface area contributed by atoms with Gasteiger partial charge < -0.3 is 20.5 Å². The molecule has 30 heavy (non-hydrogen) atoms. The van der Waals surface area contributed by atoms with Crippen LogP contribution in [0.2, 0.25) is 0 Å². The molecule has 1 aromatic heterocycles. The number of aliphatic hydroxyl groups is 1. The van der Waals surface area contributed by atoms with Crippen molar-refractivity contribution in [2.24, 2.45) is 4.99 Å². The highest BCUT2D eigenvalue weighted by molar-refractivity contribution is 14.0. The lowest BCUT2D eigenvalue weighted by molar-refractivity contribution is -0.137. The first kappa shape index (κ1) is 26.0. The van der Waals surface area contributed by atoms with E-state index in [0.29, 0.717) is 32.0 Å². The fourth-order valence-corrected chi connectivity index (χ4v) is 2.44. The van der Waals surface area contributed by atoms with E-state index in [1.54, 1.807) is 0 Å². The van der Waals surface area contributed by atoms with Gasteiger partial charge in [-0.2, -0.15) is 13.2 Å². The summed E-state index contributed by atoms with van der Waals surface area (Å²) < 4.78 is 42.9. The largest absolute Gasteiger partial charge is 0.476 e. The molecule has 0 bridgehead atoms. The number of benzene rings is 1. The zero-order chi connectivity index (χ0) is 21.1. The van der Waals surface area contributed by atoms with Crippen molar-refractivity contribution in [1.29, 1.82) is 0 Å². The van der Waals surface area contributed by atoms with Gasteiger partial charge >= 0.3 is 6.18 Å². The maximum atomic E-state index is 12.5. The van der Waals surface area contributed by atoms with E-state index in [-0.39, 0.29) is 36.5 Å². The van der Waals surface area contributed by atoms with Crippen LogP contribution in [0.3, 0.4) is 0 Å². The predicted octanol–water partition coefficient (Wildman–Crippen LogP) is 3.78. The predicted molar refractivity (Wildman–Crippen MR) is 120 cm³/mol. The van der Waals surface area contributed by atoms with Gasteiger partial charge in [-0.15, -0.1) is 24.0 Å². The minimum Gasteiger partial charge on any atom is -0.476 e. The summed E-state index contributed by atoms with van der Waals surface area (Å²) in [6, 6.07) is 11.5. The SMILES string of the molecule is CCNC(=NCCC(O)c1ccccc1)NCCOc1ccc(C(F)(F)F)cn1.I. The molecule has 0 saturated carbocycles. The van der Waals surface area contributed by atoms with Gasteiger partial charge in [-0.25, -0.2) is 4.98 Å². The third-order valence-electron chi connectivity index (χ3n) is 3.91. The van der Waals surface area contributed by atoms with Crippen LogP contribution in [0.25, 0.3) is 0 Å². The summed E-state index contributed by atoms with van der Waals surface area (Å²) in [7, 11) is 0. The molecule has 0 amide bonds. The van der Waals surface area contributed by atoms with Crippen LogP contribution in [0, 0.1) is 0 Å². The summed E-state index contributed by atoms with van der Waals surface area (Å²) in [5.74, 6) is 0.685. The first-order valence-corrected chi connectivity index (χ1v) is 9.31. The minimum absolute atomic E-state index is 0. The van der Waals surface area contributed by atoms with Crippen LogP contribution in [-0.2, 0) is 6.18 Å². The third kappa shape index (κ3) is 9.16. The van der Waals surface area contributed by atoms with E-state index in [9.17, 15) is 18.3 Å². The van der Waals surface area contributed by atoms with Gasteiger partial charge in [-0.05, 0) is 25.0 Å².